The molecule has 0 spiro atoms. The highest BCUT2D eigenvalue weighted by molar-refractivity contribution is 7.99. The van der Waals surface area contributed by atoms with Gasteiger partial charge >= 0.3 is 0 Å². The molecule has 0 aliphatic heterocycles. The van der Waals surface area contributed by atoms with Crippen LogP contribution in [0, 0.1) is 6.92 Å². The van der Waals surface area contributed by atoms with Gasteiger partial charge in [0.2, 0.25) is 0 Å². The van der Waals surface area contributed by atoms with Gasteiger partial charge in [0.1, 0.15) is 23.0 Å². The molecule has 142 valence electrons. The maximum absolute atomic E-state index is 5.84. The number of benzene rings is 1. The van der Waals surface area contributed by atoms with Gasteiger partial charge in [0.15, 0.2) is 5.65 Å². The summed E-state index contributed by atoms with van der Waals surface area (Å²) in [6.45, 7) is 5.06. The van der Waals surface area contributed by atoms with Gasteiger partial charge in [-0.15, -0.1) is 11.8 Å². The molecule has 0 saturated carbocycles. The summed E-state index contributed by atoms with van der Waals surface area (Å²) in [7, 11) is 0. The van der Waals surface area contributed by atoms with Gasteiger partial charge in [-0.25, -0.2) is 15.0 Å². The second kappa shape index (κ2) is 7.52. The minimum Gasteiger partial charge on any atom is -0.384 e. The number of fused-ring (bicyclic) bond motifs is 1. The van der Waals surface area contributed by atoms with Crippen molar-refractivity contribution in [1.29, 1.82) is 0 Å². The smallest absolute Gasteiger partial charge is 0.160 e. The Morgan fingerprint density at radius 3 is 2.39 bits per heavy atom. The summed E-state index contributed by atoms with van der Waals surface area (Å²) in [5.74, 6) is 1.72. The van der Waals surface area contributed by atoms with E-state index in [-0.39, 0.29) is 0 Å². The van der Waals surface area contributed by atoms with Crippen LogP contribution in [0.5, 0.6) is 0 Å². The third kappa shape index (κ3) is 3.80. The van der Waals surface area contributed by atoms with Crippen LogP contribution in [0.3, 0.4) is 0 Å². The fourth-order valence-electron chi connectivity index (χ4n) is 3.24. The zero-order valence-corrected chi connectivity index (χ0v) is 16.6. The first kappa shape index (κ1) is 18.3. The number of aromatic nitrogens is 4. The van der Waals surface area contributed by atoms with Crippen LogP contribution in [0.4, 0.5) is 11.6 Å². The van der Waals surface area contributed by atoms with Crippen LogP contribution in [0.25, 0.3) is 22.4 Å². The molecule has 0 bridgehead atoms. The molecule has 1 aromatic carbocycles. The van der Waals surface area contributed by atoms with Crippen LogP contribution in [-0.2, 0) is 6.54 Å². The van der Waals surface area contributed by atoms with Crippen LogP contribution in [0.1, 0.15) is 12.7 Å². The number of thioether (sulfide) groups is 1. The van der Waals surface area contributed by atoms with Gasteiger partial charge in [0.05, 0.1) is 5.69 Å². The number of nitrogen functional groups attached to an aromatic ring is 2. The van der Waals surface area contributed by atoms with Crippen molar-refractivity contribution in [3.8, 4) is 11.3 Å². The summed E-state index contributed by atoms with van der Waals surface area (Å²) in [6.07, 6.45) is 0. The molecule has 4 aromatic rings. The van der Waals surface area contributed by atoms with E-state index in [9.17, 15) is 0 Å². The molecule has 0 saturated heterocycles. The highest BCUT2D eigenvalue weighted by Gasteiger charge is 2.14. The van der Waals surface area contributed by atoms with E-state index in [4.69, 9.17) is 16.5 Å². The van der Waals surface area contributed by atoms with E-state index in [1.54, 1.807) is 12.1 Å². The molecular weight excluding hydrogens is 368 g/mol. The molecule has 4 rings (SSSR count). The lowest BCUT2D eigenvalue weighted by molar-refractivity contribution is 0.682. The lowest BCUT2D eigenvalue weighted by atomic mass is 10.1. The quantitative estimate of drug-likeness (QED) is 0.497. The molecule has 0 unspecified atom stereocenters. The first-order chi connectivity index (χ1) is 13.5. The summed E-state index contributed by atoms with van der Waals surface area (Å²) in [5.41, 5.74) is 15.1. The van der Waals surface area contributed by atoms with Crippen molar-refractivity contribution in [2.75, 3.05) is 11.5 Å². The zero-order valence-electron chi connectivity index (χ0n) is 15.8. The van der Waals surface area contributed by atoms with Gasteiger partial charge in [-0.3, -0.25) is 0 Å². The number of anilines is 2. The first-order valence-corrected chi connectivity index (χ1v) is 9.96. The summed E-state index contributed by atoms with van der Waals surface area (Å²) in [6, 6.07) is 17.9. The van der Waals surface area contributed by atoms with Gasteiger partial charge in [-0.05, 0) is 43.3 Å². The Kier molecular flexibility index (Phi) is 4.92. The maximum atomic E-state index is 5.84. The third-order valence-corrected chi connectivity index (χ3v) is 5.56. The molecule has 0 aliphatic carbocycles. The minimum absolute atomic E-state index is 0.371. The molecule has 1 atom stereocenters. The normalized spacial score (nSPS) is 12.4. The molecule has 0 amide bonds. The Morgan fingerprint density at radius 2 is 1.68 bits per heavy atom. The van der Waals surface area contributed by atoms with Crippen molar-refractivity contribution in [1.82, 2.24) is 19.5 Å². The maximum Gasteiger partial charge on any atom is 0.160 e. The fraction of sp³-hybridized carbons (Fsp3) is 0.190. The monoisotopic (exact) mass is 390 g/mol. The SMILES string of the molecule is Cc1nc2ccc(-c3cc(N)nc(N)c3)nc2n1C[C@H](C)Sc1ccccc1. The van der Waals surface area contributed by atoms with E-state index >= 15 is 0 Å². The number of hydrogen-bond acceptors (Lipinski definition) is 6. The average molecular weight is 391 g/mol. The van der Waals surface area contributed by atoms with Gasteiger partial charge in [-0.2, -0.15) is 0 Å². The predicted molar refractivity (Wildman–Crippen MR) is 116 cm³/mol. The van der Waals surface area contributed by atoms with Gasteiger partial charge in [-0.1, -0.05) is 25.1 Å². The van der Waals surface area contributed by atoms with Crippen LogP contribution < -0.4 is 11.5 Å². The Hall–Kier alpha value is -3.06. The summed E-state index contributed by atoms with van der Waals surface area (Å²) in [5, 5.41) is 0.371. The lowest BCUT2D eigenvalue weighted by Gasteiger charge is -2.14. The van der Waals surface area contributed by atoms with Crippen molar-refractivity contribution in [3.05, 3.63) is 60.4 Å². The number of pyridine rings is 2. The van der Waals surface area contributed by atoms with Gasteiger partial charge < -0.3 is 16.0 Å². The van der Waals surface area contributed by atoms with Crippen molar-refractivity contribution < 1.29 is 0 Å². The van der Waals surface area contributed by atoms with E-state index in [0.29, 0.717) is 16.9 Å². The van der Waals surface area contributed by atoms with Crippen molar-refractivity contribution >= 4 is 34.6 Å². The Bertz CT molecular complexity index is 1100. The van der Waals surface area contributed by atoms with Crippen molar-refractivity contribution in [3.63, 3.8) is 0 Å². The fourth-order valence-corrected chi connectivity index (χ4v) is 4.24. The van der Waals surface area contributed by atoms with E-state index in [1.165, 1.54) is 4.90 Å². The van der Waals surface area contributed by atoms with Gasteiger partial charge in [0, 0.05) is 22.3 Å². The van der Waals surface area contributed by atoms with Crippen LogP contribution in [0.15, 0.2) is 59.5 Å². The number of imidazole rings is 1. The average Bonchev–Trinajstić information content (AvgIpc) is 2.96. The van der Waals surface area contributed by atoms with E-state index in [0.717, 1.165) is 34.8 Å². The van der Waals surface area contributed by atoms with Crippen molar-refractivity contribution in [2.45, 2.75) is 30.5 Å². The van der Waals surface area contributed by atoms with E-state index in [1.807, 2.05) is 36.9 Å². The summed E-state index contributed by atoms with van der Waals surface area (Å²) >= 11 is 1.85. The lowest BCUT2D eigenvalue weighted by Crippen LogP contribution is -2.11. The van der Waals surface area contributed by atoms with Crippen molar-refractivity contribution in [2.24, 2.45) is 0 Å². The van der Waals surface area contributed by atoms with Crippen LogP contribution >= 0.6 is 11.8 Å². The highest BCUT2D eigenvalue weighted by Crippen LogP contribution is 2.27. The second-order valence-electron chi connectivity index (χ2n) is 6.76. The molecule has 4 N–H and O–H groups in total. The topological polar surface area (TPSA) is 95.6 Å². The largest absolute Gasteiger partial charge is 0.384 e. The molecule has 7 heteroatoms. The number of hydrogen-bond donors (Lipinski definition) is 2. The number of nitrogens with zero attached hydrogens (tertiary/aromatic N) is 4. The molecular formula is C21H22N6S. The number of rotatable bonds is 5. The van der Waals surface area contributed by atoms with E-state index < -0.39 is 0 Å². The second-order valence-corrected chi connectivity index (χ2v) is 8.27. The molecule has 0 fully saturated rings. The molecule has 0 radical (unpaired) electrons. The van der Waals surface area contributed by atoms with Crippen LogP contribution in [-0.4, -0.2) is 24.8 Å². The molecule has 28 heavy (non-hydrogen) atoms. The minimum atomic E-state index is 0.371. The molecule has 3 aromatic heterocycles. The number of aryl methyl sites for hydroxylation is 1. The highest BCUT2D eigenvalue weighted by atomic mass is 32.2. The summed E-state index contributed by atoms with van der Waals surface area (Å²) in [4.78, 5) is 14.8. The van der Waals surface area contributed by atoms with Crippen LogP contribution in [0.2, 0.25) is 0 Å². The zero-order chi connectivity index (χ0) is 19.7. The predicted octanol–water partition coefficient (Wildman–Crippen LogP) is 4.15. The third-order valence-electron chi connectivity index (χ3n) is 4.46. The first-order valence-electron chi connectivity index (χ1n) is 9.08. The Labute approximate surface area is 168 Å². The number of nitrogens with two attached hydrogens (primary N) is 2. The van der Waals surface area contributed by atoms with Gasteiger partial charge in [0.25, 0.3) is 0 Å². The Morgan fingerprint density at radius 1 is 0.964 bits per heavy atom. The van der Waals surface area contributed by atoms with E-state index in [2.05, 4.69) is 45.7 Å². The standard InChI is InChI=1S/C21H22N6S/c1-13(28-16-6-4-3-5-7-16)12-27-14(2)24-18-9-8-17(25-21(18)27)15-10-19(22)26-20(23)11-15/h3-11,13H,12H2,1-2H3,(H4,22,23,26)/t13-/m0/s1. The summed E-state index contributed by atoms with van der Waals surface area (Å²) < 4.78 is 2.17. The molecule has 6 nitrogen and oxygen atoms in total. The molecule has 3 heterocycles. The molecule has 0 aliphatic rings. The Balaban J connectivity index is 1.67.